The van der Waals surface area contributed by atoms with Crippen molar-refractivity contribution in [3.8, 4) is 0 Å². The molecule has 1 fully saturated rings. The monoisotopic (exact) mass is 379 g/mol. The van der Waals surface area contributed by atoms with E-state index >= 15 is 0 Å². The van der Waals surface area contributed by atoms with E-state index in [0.717, 1.165) is 41.5 Å². The highest BCUT2D eigenvalue weighted by Crippen LogP contribution is 2.19. The van der Waals surface area contributed by atoms with E-state index in [1.54, 1.807) is 6.07 Å². The Bertz CT molecular complexity index is 825. The van der Waals surface area contributed by atoms with Crippen molar-refractivity contribution in [2.45, 2.75) is 51.1 Å². The Morgan fingerprint density at radius 2 is 1.96 bits per heavy atom. The van der Waals surface area contributed by atoms with E-state index in [4.69, 9.17) is 0 Å². The Kier molecular flexibility index (Phi) is 5.89. The zero-order valence-corrected chi connectivity index (χ0v) is 16.4. The third kappa shape index (κ3) is 4.88. The van der Waals surface area contributed by atoms with Gasteiger partial charge in [-0.1, -0.05) is 18.6 Å². The lowest BCUT2D eigenvalue weighted by Gasteiger charge is -2.25. The lowest BCUT2D eigenvalue weighted by Crippen LogP contribution is -2.29. The molecule has 0 amide bonds. The van der Waals surface area contributed by atoms with Gasteiger partial charge >= 0.3 is 0 Å². The highest BCUT2D eigenvalue weighted by atomic mass is 32.2. The maximum atomic E-state index is 12.6. The number of thiazole rings is 1. The fourth-order valence-corrected chi connectivity index (χ4v) is 5.21. The molecule has 7 heteroatoms. The molecular formula is C18H25N3O2S2. The van der Waals surface area contributed by atoms with Crippen molar-refractivity contribution in [2.24, 2.45) is 0 Å². The van der Waals surface area contributed by atoms with E-state index in [0.29, 0.717) is 4.90 Å². The molecule has 0 aliphatic carbocycles. The Morgan fingerprint density at radius 1 is 1.20 bits per heavy atom. The average Bonchev–Trinajstić information content (AvgIpc) is 3.04. The Labute approximate surface area is 154 Å². The fraction of sp³-hybridized carbons (Fsp3) is 0.500. The molecule has 25 heavy (non-hydrogen) atoms. The summed E-state index contributed by atoms with van der Waals surface area (Å²) < 4.78 is 27.8. The lowest BCUT2D eigenvalue weighted by atomic mass is 10.1. The quantitative estimate of drug-likeness (QED) is 0.837. The summed E-state index contributed by atoms with van der Waals surface area (Å²) in [5.41, 5.74) is 2.72. The number of hydrogen-bond acceptors (Lipinski definition) is 5. The van der Waals surface area contributed by atoms with Crippen molar-refractivity contribution in [2.75, 3.05) is 13.1 Å². The first-order chi connectivity index (χ1) is 11.9. The molecule has 0 radical (unpaired) electrons. The molecule has 1 aliphatic rings. The summed E-state index contributed by atoms with van der Waals surface area (Å²) in [7, 11) is -3.52. The first kappa shape index (κ1) is 18.5. The van der Waals surface area contributed by atoms with Crippen LogP contribution in [0.3, 0.4) is 0 Å². The van der Waals surface area contributed by atoms with Crippen LogP contribution >= 0.6 is 11.3 Å². The zero-order chi connectivity index (χ0) is 17.9. The van der Waals surface area contributed by atoms with E-state index in [2.05, 4.69) is 14.6 Å². The second-order valence-electron chi connectivity index (χ2n) is 6.66. The molecule has 3 rings (SSSR count). The summed E-state index contributed by atoms with van der Waals surface area (Å²) in [6, 6.07) is 5.47. The van der Waals surface area contributed by atoms with Crippen LogP contribution in [0.25, 0.3) is 0 Å². The first-order valence-corrected chi connectivity index (χ1v) is 11.0. The molecule has 0 atom stereocenters. The van der Waals surface area contributed by atoms with Gasteiger partial charge in [0.05, 0.1) is 17.1 Å². The molecule has 0 saturated carbocycles. The van der Waals surface area contributed by atoms with Gasteiger partial charge in [-0.2, -0.15) is 0 Å². The molecule has 1 aromatic carbocycles. The minimum absolute atomic E-state index is 0.236. The van der Waals surface area contributed by atoms with Crippen LogP contribution in [0.5, 0.6) is 0 Å². The third-order valence-corrected chi connectivity index (χ3v) is 6.92. The molecule has 1 aromatic heterocycles. The molecular weight excluding hydrogens is 354 g/mol. The topological polar surface area (TPSA) is 62.3 Å². The lowest BCUT2D eigenvalue weighted by molar-refractivity contribution is 0.219. The molecule has 5 nitrogen and oxygen atoms in total. The van der Waals surface area contributed by atoms with Crippen LogP contribution in [0.2, 0.25) is 0 Å². The molecule has 2 heterocycles. The summed E-state index contributed by atoms with van der Waals surface area (Å²) in [4.78, 5) is 7.36. The molecule has 0 unspecified atom stereocenters. The molecule has 136 valence electrons. The number of likely N-dealkylation sites (tertiary alicyclic amines) is 1. The number of nitrogens with one attached hydrogen (secondary N) is 1. The van der Waals surface area contributed by atoms with Crippen LogP contribution in [-0.4, -0.2) is 31.4 Å². The number of piperidine rings is 1. The molecule has 1 saturated heterocycles. The number of nitrogens with zero attached hydrogens (tertiary/aromatic N) is 2. The summed E-state index contributed by atoms with van der Waals surface area (Å²) in [6.07, 6.45) is 3.83. The van der Waals surface area contributed by atoms with Gasteiger partial charge < -0.3 is 0 Å². The van der Waals surface area contributed by atoms with E-state index < -0.39 is 10.0 Å². The summed E-state index contributed by atoms with van der Waals surface area (Å²) in [6.45, 7) is 7.07. The Hall–Kier alpha value is -1.28. The van der Waals surface area contributed by atoms with E-state index in [1.165, 1.54) is 30.6 Å². The van der Waals surface area contributed by atoms with Crippen molar-refractivity contribution in [1.29, 1.82) is 0 Å². The van der Waals surface area contributed by atoms with Gasteiger partial charge in [-0.25, -0.2) is 18.1 Å². The largest absolute Gasteiger partial charge is 0.297 e. The van der Waals surface area contributed by atoms with Gasteiger partial charge in [0.2, 0.25) is 10.0 Å². The number of aryl methyl sites for hydroxylation is 2. The van der Waals surface area contributed by atoms with E-state index in [-0.39, 0.29) is 6.54 Å². The van der Waals surface area contributed by atoms with Crippen LogP contribution in [0.15, 0.2) is 28.5 Å². The van der Waals surface area contributed by atoms with Crippen LogP contribution in [0, 0.1) is 13.8 Å². The summed E-state index contributed by atoms with van der Waals surface area (Å²) in [5.74, 6) is 0. The second kappa shape index (κ2) is 7.95. The fourth-order valence-electron chi connectivity index (χ4n) is 3.08. The van der Waals surface area contributed by atoms with E-state index in [9.17, 15) is 8.42 Å². The van der Waals surface area contributed by atoms with Gasteiger partial charge in [-0.15, -0.1) is 11.3 Å². The van der Waals surface area contributed by atoms with Crippen molar-refractivity contribution < 1.29 is 8.42 Å². The molecule has 2 aromatic rings. The normalized spacial score (nSPS) is 16.2. The highest BCUT2D eigenvalue weighted by molar-refractivity contribution is 7.89. The first-order valence-electron chi connectivity index (χ1n) is 8.66. The Morgan fingerprint density at radius 3 is 2.72 bits per heavy atom. The van der Waals surface area contributed by atoms with E-state index in [1.807, 2.05) is 31.4 Å². The third-order valence-electron chi connectivity index (χ3n) is 4.48. The van der Waals surface area contributed by atoms with Crippen LogP contribution in [-0.2, 0) is 23.1 Å². The van der Waals surface area contributed by atoms with Crippen LogP contribution in [0.1, 0.15) is 41.1 Å². The highest BCUT2D eigenvalue weighted by Gasteiger charge is 2.18. The van der Waals surface area contributed by atoms with Gasteiger partial charge in [0, 0.05) is 11.9 Å². The molecule has 1 N–H and O–H groups in total. The predicted octanol–water partition coefficient (Wildman–Crippen LogP) is 3.22. The average molecular weight is 380 g/mol. The van der Waals surface area contributed by atoms with Crippen molar-refractivity contribution in [3.63, 3.8) is 0 Å². The van der Waals surface area contributed by atoms with Crippen molar-refractivity contribution in [3.05, 3.63) is 45.4 Å². The zero-order valence-electron chi connectivity index (χ0n) is 14.8. The van der Waals surface area contributed by atoms with Crippen LogP contribution in [0.4, 0.5) is 0 Å². The minimum atomic E-state index is -3.52. The number of hydrogen-bond donors (Lipinski definition) is 1. The van der Waals surface area contributed by atoms with Gasteiger partial charge in [0.25, 0.3) is 0 Å². The van der Waals surface area contributed by atoms with Gasteiger partial charge in [-0.05, 0) is 57.0 Å². The molecule has 1 aliphatic heterocycles. The maximum Gasteiger partial charge on any atom is 0.241 e. The molecule has 0 bridgehead atoms. The smallest absolute Gasteiger partial charge is 0.241 e. The number of aromatic nitrogens is 1. The van der Waals surface area contributed by atoms with Gasteiger partial charge in [0.15, 0.2) is 0 Å². The van der Waals surface area contributed by atoms with Crippen molar-refractivity contribution >= 4 is 21.4 Å². The predicted molar refractivity (Wildman–Crippen MR) is 101 cm³/mol. The maximum absolute atomic E-state index is 12.6. The second-order valence-corrected chi connectivity index (χ2v) is 9.34. The van der Waals surface area contributed by atoms with Crippen molar-refractivity contribution in [1.82, 2.24) is 14.6 Å². The summed E-state index contributed by atoms with van der Waals surface area (Å²) in [5, 5.41) is 2.84. The number of sulfonamides is 1. The summed E-state index contributed by atoms with van der Waals surface area (Å²) >= 11 is 1.52. The number of benzene rings is 1. The Balaban J connectivity index is 1.62. The minimum Gasteiger partial charge on any atom is -0.297 e. The SMILES string of the molecule is Cc1ccc(C)c(S(=O)(=O)NCc2nc(CN3CCCCC3)cs2)c1. The van der Waals surface area contributed by atoms with Crippen LogP contribution < -0.4 is 4.72 Å². The van der Waals surface area contributed by atoms with Gasteiger partial charge in [-0.3, -0.25) is 4.90 Å². The standard InChI is InChI=1S/C18H25N3O2S2/c1-14-6-7-15(2)17(10-14)25(22,23)19-11-18-20-16(13-24-18)12-21-8-4-3-5-9-21/h6-7,10,13,19H,3-5,8-9,11-12H2,1-2H3. The molecule has 0 spiro atoms. The number of rotatable bonds is 6. The van der Waals surface area contributed by atoms with Gasteiger partial charge in [0.1, 0.15) is 5.01 Å².